The van der Waals surface area contributed by atoms with Crippen LogP contribution in [-0.4, -0.2) is 47.1 Å². The summed E-state index contributed by atoms with van der Waals surface area (Å²) in [5.41, 5.74) is -0.678. The molecule has 0 radical (unpaired) electrons. The zero-order chi connectivity index (χ0) is 15.6. The number of ether oxygens (including phenoxy) is 1. The van der Waals surface area contributed by atoms with Crippen molar-refractivity contribution in [2.45, 2.75) is 18.9 Å². The Hall–Kier alpha value is -1.86. The Morgan fingerprint density at radius 2 is 2.24 bits per heavy atom. The summed E-state index contributed by atoms with van der Waals surface area (Å²) in [5, 5.41) is 19.8. The van der Waals surface area contributed by atoms with Gasteiger partial charge in [0.1, 0.15) is 12.2 Å². The van der Waals surface area contributed by atoms with Gasteiger partial charge in [-0.1, -0.05) is 11.6 Å². The van der Waals surface area contributed by atoms with Gasteiger partial charge in [-0.2, -0.15) is 0 Å². The highest BCUT2D eigenvalue weighted by Gasteiger charge is 2.26. The number of nitrogens with zero attached hydrogens (tertiary/aromatic N) is 2. The molecule has 1 aliphatic carbocycles. The molecular weight excluding hydrogens is 300 g/mol. The van der Waals surface area contributed by atoms with Crippen molar-refractivity contribution < 1.29 is 19.6 Å². The third kappa shape index (κ3) is 3.83. The van der Waals surface area contributed by atoms with Crippen LogP contribution in [0.4, 0.5) is 5.69 Å². The molecule has 1 aromatic carbocycles. The van der Waals surface area contributed by atoms with Crippen molar-refractivity contribution in [1.82, 2.24) is 4.90 Å². The van der Waals surface area contributed by atoms with Gasteiger partial charge in [-0.3, -0.25) is 10.1 Å². The monoisotopic (exact) mass is 314 g/mol. The highest BCUT2D eigenvalue weighted by molar-refractivity contribution is 6.32. The normalized spacial score (nSPS) is 14.2. The highest BCUT2D eigenvalue weighted by Crippen LogP contribution is 2.33. The van der Waals surface area contributed by atoms with Crippen LogP contribution in [0.1, 0.15) is 23.2 Å². The first-order valence-electron chi connectivity index (χ1n) is 6.44. The second-order valence-electron chi connectivity index (χ2n) is 4.93. The van der Waals surface area contributed by atoms with Crippen molar-refractivity contribution in [1.29, 1.82) is 0 Å². The molecule has 0 spiro atoms. The maximum Gasteiger partial charge on any atom is 0.339 e. The third-order valence-corrected chi connectivity index (χ3v) is 3.61. The molecule has 0 atom stereocenters. The molecule has 0 aliphatic heterocycles. The lowest BCUT2D eigenvalue weighted by Gasteiger charge is -2.17. The molecule has 0 bridgehead atoms. The Morgan fingerprint density at radius 1 is 1.57 bits per heavy atom. The van der Waals surface area contributed by atoms with E-state index in [4.69, 9.17) is 21.4 Å². The first-order valence-corrected chi connectivity index (χ1v) is 6.82. The van der Waals surface area contributed by atoms with Gasteiger partial charge in [0.2, 0.25) is 0 Å². The average Bonchev–Trinajstić information content (AvgIpc) is 3.23. The molecule has 0 amide bonds. The minimum atomic E-state index is -1.31. The summed E-state index contributed by atoms with van der Waals surface area (Å²) in [4.78, 5) is 23.4. The summed E-state index contributed by atoms with van der Waals surface area (Å²) in [6.07, 6.45) is 2.32. The van der Waals surface area contributed by atoms with Crippen LogP contribution >= 0.6 is 11.6 Å². The largest absolute Gasteiger partial charge is 0.490 e. The molecule has 1 N–H and O–H groups in total. The van der Waals surface area contributed by atoms with Crippen LogP contribution in [-0.2, 0) is 0 Å². The number of nitro groups is 1. The van der Waals surface area contributed by atoms with Gasteiger partial charge < -0.3 is 14.7 Å². The number of carboxylic acids is 1. The predicted octanol–water partition coefficient (Wildman–Crippen LogP) is 2.42. The SMILES string of the molecule is CN(CCOc1c(Cl)cc([N+](=O)[O-])cc1C(=O)O)C1CC1. The number of halogens is 1. The van der Waals surface area contributed by atoms with Crippen LogP contribution < -0.4 is 4.74 Å². The quantitative estimate of drug-likeness (QED) is 0.613. The van der Waals surface area contributed by atoms with Gasteiger partial charge in [-0.05, 0) is 19.9 Å². The molecule has 1 aliphatic rings. The van der Waals surface area contributed by atoms with Crippen LogP contribution in [0.2, 0.25) is 5.02 Å². The van der Waals surface area contributed by atoms with Crippen LogP contribution in [0, 0.1) is 10.1 Å². The molecule has 1 saturated carbocycles. The number of likely N-dealkylation sites (N-methyl/N-ethyl adjacent to an activating group) is 1. The third-order valence-electron chi connectivity index (χ3n) is 3.33. The van der Waals surface area contributed by atoms with E-state index in [1.54, 1.807) is 0 Å². The maximum atomic E-state index is 11.2. The first kappa shape index (κ1) is 15.5. The van der Waals surface area contributed by atoms with E-state index in [-0.39, 0.29) is 28.6 Å². The number of aromatic carboxylic acids is 1. The Morgan fingerprint density at radius 3 is 2.76 bits per heavy atom. The summed E-state index contributed by atoms with van der Waals surface area (Å²) in [5.74, 6) is -1.34. The number of carbonyl (C=O) groups is 1. The molecule has 1 fully saturated rings. The van der Waals surface area contributed by atoms with Gasteiger partial charge >= 0.3 is 5.97 Å². The van der Waals surface area contributed by atoms with E-state index in [0.717, 1.165) is 25.0 Å². The van der Waals surface area contributed by atoms with E-state index in [1.165, 1.54) is 0 Å². The minimum Gasteiger partial charge on any atom is -0.490 e. The summed E-state index contributed by atoms with van der Waals surface area (Å²) < 4.78 is 5.44. The van der Waals surface area contributed by atoms with Gasteiger partial charge in [0.15, 0.2) is 5.75 Å². The Balaban J connectivity index is 2.12. The summed E-state index contributed by atoms with van der Waals surface area (Å²) in [7, 11) is 1.97. The van der Waals surface area contributed by atoms with Crippen molar-refractivity contribution >= 4 is 23.3 Å². The first-order chi connectivity index (χ1) is 9.90. The van der Waals surface area contributed by atoms with Gasteiger partial charge in [-0.25, -0.2) is 4.79 Å². The zero-order valence-corrected chi connectivity index (χ0v) is 12.2. The summed E-state index contributed by atoms with van der Waals surface area (Å²) in [6.45, 7) is 0.905. The van der Waals surface area contributed by atoms with Gasteiger partial charge in [0, 0.05) is 24.7 Å². The molecular formula is C13H15ClN2O5. The lowest BCUT2D eigenvalue weighted by molar-refractivity contribution is -0.384. The Bertz CT molecular complexity index is 574. The van der Waals surface area contributed by atoms with Crippen molar-refractivity contribution in [2.24, 2.45) is 0 Å². The van der Waals surface area contributed by atoms with E-state index < -0.39 is 10.9 Å². The van der Waals surface area contributed by atoms with Crippen molar-refractivity contribution in [3.63, 3.8) is 0 Å². The van der Waals surface area contributed by atoms with Crippen molar-refractivity contribution in [3.8, 4) is 5.75 Å². The highest BCUT2D eigenvalue weighted by atomic mass is 35.5. The fraction of sp³-hybridized carbons (Fsp3) is 0.462. The molecule has 114 valence electrons. The molecule has 0 heterocycles. The molecule has 0 aromatic heterocycles. The van der Waals surface area contributed by atoms with E-state index in [2.05, 4.69) is 4.90 Å². The molecule has 0 saturated heterocycles. The Kier molecular flexibility index (Phi) is 4.64. The van der Waals surface area contributed by atoms with Crippen molar-refractivity contribution in [3.05, 3.63) is 32.8 Å². The van der Waals surface area contributed by atoms with Gasteiger partial charge in [-0.15, -0.1) is 0 Å². The fourth-order valence-electron chi connectivity index (χ4n) is 1.98. The molecule has 8 heteroatoms. The summed E-state index contributed by atoms with van der Waals surface area (Å²) in [6, 6.07) is 2.61. The predicted molar refractivity (Wildman–Crippen MR) is 76.2 cm³/mol. The Labute approximate surface area is 126 Å². The van der Waals surface area contributed by atoms with E-state index >= 15 is 0 Å². The van der Waals surface area contributed by atoms with Crippen LogP contribution in [0.15, 0.2) is 12.1 Å². The average molecular weight is 315 g/mol. The number of benzene rings is 1. The van der Waals surface area contributed by atoms with Crippen LogP contribution in [0.3, 0.4) is 0 Å². The molecule has 21 heavy (non-hydrogen) atoms. The van der Waals surface area contributed by atoms with Crippen molar-refractivity contribution in [2.75, 3.05) is 20.2 Å². The number of hydrogen-bond donors (Lipinski definition) is 1. The second kappa shape index (κ2) is 6.28. The standard InChI is InChI=1S/C13H15ClN2O5/c1-15(8-2-3-8)4-5-21-12-10(13(17)18)6-9(16(19)20)7-11(12)14/h6-8H,2-5H2,1H3,(H,17,18). The minimum absolute atomic E-state index is 0.0287. The molecule has 7 nitrogen and oxygen atoms in total. The summed E-state index contributed by atoms with van der Waals surface area (Å²) >= 11 is 5.91. The van der Waals surface area contributed by atoms with E-state index in [0.29, 0.717) is 12.6 Å². The topological polar surface area (TPSA) is 92.9 Å². The number of non-ortho nitro benzene ring substituents is 1. The lowest BCUT2D eigenvalue weighted by atomic mass is 10.2. The second-order valence-corrected chi connectivity index (χ2v) is 5.33. The fourth-order valence-corrected chi connectivity index (χ4v) is 2.25. The van der Waals surface area contributed by atoms with E-state index in [9.17, 15) is 14.9 Å². The zero-order valence-electron chi connectivity index (χ0n) is 11.4. The van der Waals surface area contributed by atoms with E-state index in [1.807, 2.05) is 7.05 Å². The smallest absolute Gasteiger partial charge is 0.339 e. The molecule has 1 aromatic rings. The molecule has 2 rings (SSSR count). The van der Waals surface area contributed by atoms with Crippen LogP contribution in [0.25, 0.3) is 0 Å². The van der Waals surface area contributed by atoms with Crippen LogP contribution in [0.5, 0.6) is 5.75 Å². The maximum absolute atomic E-state index is 11.2. The number of carboxylic acid groups (broad SMARTS) is 1. The number of hydrogen-bond acceptors (Lipinski definition) is 5. The number of rotatable bonds is 7. The number of nitro benzene ring substituents is 1. The lowest BCUT2D eigenvalue weighted by Crippen LogP contribution is -2.26. The molecule has 0 unspecified atom stereocenters. The van der Waals surface area contributed by atoms with Gasteiger partial charge in [0.25, 0.3) is 5.69 Å². The van der Waals surface area contributed by atoms with Gasteiger partial charge in [0.05, 0.1) is 9.95 Å².